The average molecular weight is 387 g/mol. The van der Waals surface area contributed by atoms with Crippen molar-refractivity contribution in [2.24, 2.45) is 0 Å². The summed E-state index contributed by atoms with van der Waals surface area (Å²) in [7, 11) is 0. The van der Waals surface area contributed by atoms with Crippen LogP contribution in [-0.4, -0.2) is 17.0 Å². The van der Waals surface area contributed by atoms with Crippen molar-refractivity contribution in [2.45, 2.75) is 26.5 Å². The van der Waals surface area contributed by atoms with Crippen LogP contribution in [0.1, 0.15) is 18.2 Å². The van der Waals surface area contributed by atoms with Gasteiger partial charge in [0.25, 0.3) is 5.91 Å². The van der Waals surface area contributed by atoms with E-state index in [4.69, 9.17) is 16.3 Å². The number of thiazole rings is 1. The van der Waals surface area contributed by atoms with E-state index >= 15 is 0 Å². The van der Waals surface area contributed by atoms with Crippen LogP contribution in [0.25, 0.3) is 10.6 Å². The highest BCUT2D eigenvalue weighted by atomic mass is 35.5. The van der Waals surface area contributed by atoms with E-state index < -0.39 is 6.10 Å². The fourth-order valence-electron chi connectivity index (χ4n) is 2.37. The highest BCUT2D eigenvalue weighted by molar-refractivity contribution is 7.13. The predicted octanol–water partition coefficient (Wildman–Crippen LogP) is 4.86. The molecule has 0 saturated carbocycles. The van der Waals surface area contributed by atoms with Crippen LogP contribution in [-0.2, 0) is 11.3 Å². The zero-order valence-electron chi connectivity index (χ0n) is 14.5. The number of hydrogen-bond donors (Lipinski definition) is 1. The molecule has 0 aliphatic rings. The van der Waals surface area contributed by atoms with Crippen LogP contribution >= 0.6 is 22.9 Å². The number of rotatable bonds is 6. The second kappa shape index (κ2) is 8.34. The van der Waals surface area contributed by atoms with Crippen molar-refractivity contribution >= 4 is 28.8 Å². The van der Waals surface area contributed by atoms with E-state index in [0.717, 1.165) is 21.8 Å². The number of ether oxygens (including phenoxy) is 1. The van der Waals surface area contributed by atoms with Crippen LogP contribution in [0, 0.1) is 6.92 Å². The molecule has 0 aliphatic carbocycles. The van der Waals surface area contributed by atoms with Crippen LogP contribution in [0.3, 0.4) is 0 Å². The second-order valence-corrected chi connectivity index (χ2v) is 7.16. The molecule has 3 aromatic rings. The Balaban J connectivity index is 1.55. The second-order valence-electron chi connectivity index (χ2n) is 5.90. The van der Waals surface area contributed by atoms with Crippen molar-refractivity contribution in [3.8, 4) is 16.3 Å². The molecule has 6 heteroatoms. The van der Waals surface area contributed by atoms with Gasteiger partial charge < -0.3 is 10.1 Å². The number of carbonyl (C=O) groups excluding carboxylic acids is 1. The standard InChI is InChI=1S/C20H19ClN2O2S/c1-13-10-17(8-9-18(13)21)25-14(2)19(24)22-11-16-12-26-20(23-16)15-6-4-3-5-7-15/h3-10,12,14H,11H2,1-2H3,(H,22,24). The van der Waals surface area contributed by atoms with E-state index in [2.05, 4.69) is 10.3 Å². The Morgan fingerprint density at radius 3 is 2.77 bits per heavy atom. The Hall–Kier alpha value is -2.37. The quantitative estimate of drug-likeness (QED) is 0.658. The fourth-order valence-corrected chi connectivity index (χ4v) is 3.31. The average Bonchev–Trinajstić information content (AvgIpc) is 3.12. The molecule has 1 N–H and O–H groups in total. The summed E-state index contributed by atoms with van der Waals surface area (Å²) in [5.41, 5.74) is 2.81. The lowest BCUT2D eigenvalue weighted by atomic mass is 10.2. The molecule has 4 nitrogen and oxygen atoms in total. The number of nitrogens with one attached hydrogen (secondary N) is 1. The molecule has 3 rings (SSSR count). The first-order valence-corrected chi connectivity index (χ1v) is 9.49. The number of carbonyl (C=O) groups is 1. The molecular weight excluding hydrogens is 368 g/mol. The number of halogens is 1. The maximum absolute atomic E-state index is 12.3. The maximum atomic E-state index is 12.3. The summed E-state index contributed by atoms with van der Waals surface area (Å²) in [6.45, 7) is 3.98. The van der Waals surface area contributed by atoms with Gasteiger partial charge in [0.2, 0.25) is 0 Å². The molecule has 0 radical (unpaired) electrons. The van der Waals surface area contributed by atoms with E-state index in [1.807, 2.05) is 48.7 Å². The Labute approximate surface area is 161 Å². The lowest BCUT2D eigenvalue weighted by Gasteiger charge is -2.15. The van der Waals surface area contributed by atoms with Gasteiger partial charge in [0, 0.05) is 16.0 Å². The first-order valence-electron chi connectivity index (χ1n) is 8.23. The summed E-state index contributed by atoms with van der Waals surface area (Å²) in [4.78, 5) is 16.8. The minimum Gasteiger partial charge on any atom is -0.481 e. The van der Waals surface area contributed by atoms with Crippen molar-refractivity contribution in [3.63, 3.8) is 0 Å². The summed E-state index contributed by atoms with van der Waals surface area (Å²) in [6.07, 6.45) is -0.609. The van der Waals surface area contributed by atoms with Crippen molar-refractivity contribution in [1.29, 1.82) is 0 Å². The molecule has 0 bridgehead atoms. The van der Waals surface area contributed by atoms with E-state index in [1.165, 1.54) is 0 Å². The zero-order valence-corrected chi connectivity index (χ0v) is 16.1. The van der Waals surface area contributed by atoms with E-state index in [1.54, 1.807) is 30.4 Å². The SMILES string of the molecule is Cc1cc(OC(C)C(=O)NCc2csc(-c3ccccc3)n2)ccc1Cl. The molecular formula is C20H19ClN2O2S. The lowest BCUT2D eigenvalue weighted by Crippen LogP contribution is -2.36. The Morgan fingerprint density at radius 1 is 1.27 bits per heavy atom. The number of benzene rings is 2. The van der Waals surface area contributed by atoms with Gasteiger partial charge in [0.1, 0.15) is 10.8 Å². The molecule has 134 valence electrons. The van der Waals surface area contributed by atoms with Crippen LogP contribution in [0.15, 0.2) is 53.9 Å². The van der Waals surface area contributed by atoms with Gasteiger partial charge in [-0.1, -0.05) is 41.9 Å². The van der Waals surface area contributed by atoms with Gasteiger partial charge in [-0.25, -0.2) is 4.98 Å². The summed E-state index contributed by atoms with van der Waals surface area (Å²) in [6, 6.07) is 15.3. The number of aryl methyl sites for hydroxylation is 1. The third kappa shape index (κ3) is 4.62. The Bertz CT molecular complexity index is 896. The van der Waals surface area contributed by atoms with E-state index in [0.29, 0.717) is 17.3 Å². The molecule has 26 heavy (non-hydrogen) atoms. The zero-order chi connectivity index (χ0) is 18.5. The summed E-state index contributed by atoms with van der Waals surface area (Å²) in [5.74, 6) is 0.432. The molecule has 1 heterocycles. The van der Waals surface area contributed by atoms with E-state index in [9.17, 15) is 4.79 Å². The molecule has 2 aromatic carbocycles. The molecule has 0 fully saturated rings. The third-order valence-corrected chi connectivity index (χ3v) is 5.19. The fraction of sp³-hybridized carbons (Fsp3) is 0.200. The molecule has 1 atom stereocenters. The number of amides is 1. The monoisotopic (exact) mass is 386 g/mol. The van der Waals surface area contributed by atoms with Gasteiger partial charge in [-0.2, -0.15) is 0 Å². The highest BCUT2D eigenvalue weighted by Gasteiger charge is 2.15. The van der Waals surface area contributed by atoms with Gasteiger partial charge in [-0.15, -0.1) is 11.3 Å². The summed E-state index contributed by atoms with van der Waals surface area (Å²) < 4.78 is 5.69. The van der Waals surface area contributed by atoms with Gasteiger partial charge in [0.05, 0.1) is 12.2 Å². The molecule has 0 saturated heterocycles. The topological polar surface area (TPSA) is 51.2 Å². The van der Waals surface area contributed by atoms with Crippen molar-refractivity contribution in [3.05, 3.63) is 70.2 Å². The molecule has 0 aliphatic heterocycles. The lowest BCUT2D eigenvalue weighted by molar-refractivity contribution is -0.127. The number of nitrogens with zero attached hydrogens (tertiary/aromatic N) is 1. The van der Waals surface area contributed by atoms with Crippen molar-refractivity contribution < 1.29 is 9.53 Å². The Morgan fingerprint density at radius 2 is 2.04 bits per heavy atom. The smallest absolute Gasteiger partial charge is 0.261 e. The first kappa shape index (κ1) is 18.4. The minimum atomic E-state index is -0.609. The van der Waals surface area contributed by atoms with Crippen LogP contribution in [0.4, 0.5) is 0 Å². The molecule has 0 spiro atoms. The van der Waals surface area contributed by atoms with Gasteiger partial charge in [0.15, 0.2) is 6.10 Å². The van der Waals surface area contributed by atoms with Crippen molar-refractivity contribution in [1.82, 2.24) is 10.3 Å². The van der Waals surface area contributed by atoms with Gasteiger partial charge in [-0.05, 0) is 37.6 Å². The number of aromatic nitrogens is 1. The summed E-state index contributed by atoms with van der Waals surface area (Å²) in [5, 5.41) is 6.43. The van der Waals surface area contributed by atoms with Crippen LogP contribution in [0.5, 0.6) is 5.75 Å². The third-order valence-electron chi connectivity index (χ3n) is 3.83. The summed E-state index contributed by atoms with van der Waals surface area (Å²) >= 11 is 7.56. The molecule has 1 amide bonds. The first-order chi connectivity index (χ1) is 12.5. The largest absolute Gasteiger partial charge is 0.481 e. The van der Waals surface area contributed by atoms with Gasteiger partial charge >= 0.3 is 0 Å². The number of hydrogen-bond acceptors (Lipinski definition) is 4. The Kier molecular flexibility index (Phi) is 5.91. The van der Waals surface area contributed by atoms with E-state index in [-0.39, 0.29) is 5.91 Å². The highest BCUT2D eigenvalue weighted by Crippen LogP contribution is 2.23. The molecule has 1 unspecified atom stereocenters. The molecule has 1 aromatic heterocycles. The van der Waals surface area contributed by atoms with Gasteiger partial charge in [-0.3, -0.25) is 4.79 Å². The van der Waals surface area contributed by atoms with Crippen LogP contribution < -0.4 is 10.1 Å². The normalized spacial score (nSPS) is 11.8. The van der Waals surface area contributed by atoms with Crippen molar-refractivity contribution in [2.75, 3.05) is 0 Å². The minimum absolute atomic E-state index is 0.188. The predicted molar refractivity (Wildman–Crippen MR) is 106 cm³/mol. The van der Waals surface area contributed by atoms with Crippen LogP contribution in [0.2, 0.25) is 5.02 Å². The maximum Gasteiger partial charge on any atom is 0.261 e.